The van der Waals surface area contributed by atoms with E-state index in [1.807, 2.05) is 13.0 Å². The van der Waals surface area contributed by atoms with Crippen molar-refractivity contribution >= 4 is 17.6 Å². The van der Waals surface area contributed by atoms with E-state index in [1.165, 1.54) is 12.1 Å². The Balaban J connectivity index is 1.39. The molecular weight excluding hydrogens is 449 g/mol. The van der Waals surface area contributed by atoms with E-state index in [0.717, 1.165) is 25.7 Å². The number of halogens is 1. The molecule has 0 bridgehead atoms. The highest BCUT2D eigenvalue weighted by molar-refractivity contribution is 5.89. The lowest BCUT2D eigenvalue weighted by atomic mass is 9.52. The highest BCUT2D eigenvalue weighted by atomic mass is 19.1. The Bertz CT molecular complexity index is 1030. The first-order valence-electron chi connectivity index (χ1n) is 12.5. The van der Waals surface area contributed by atoms with E-state index in [2.05, 4.69) is 29.8 Å². The van der Waals surface area contributed by atoms with E-state index in [0.29, 0.717) is 18.0 Å². The third-order valence-electron chi connectivity index (χ3n) is 8.36. The number of amides is 3. The number of aliphatic hydroxyl groups is 1. The monoisotopic (exact) mass is 485 g/mol. The Kier molecular flexibility index (Phi) is 7.50. The standard InChI is InChI=1S/C27H36FN3O4/c1-16(25(33)29-15-20-8-5-13-35-20)21-9-11-27(3)12-10-22(17(2)23(27)24(21)32)31-26(34)30-19-7-4-6-18(28)14-19/h4-8,13-14,16-17,21-24,32H,9-12,15H2,1-3H3,(H,29,33)(H2,30,31,34)/t16-,17+,21?,22-,23+,24-,27-/m0/s1. The Morgan fingerprint density at radius 3 is 2.71 bits per heavy atom. The van der Waals surface area contributed by atoms with Gasteiger partial charge in [-0.3, -0.25) is 4.79 Å². The van der Waals surface area contributed by atoms with Crippen molar-refractivity contribution in [2.75, 3.05) is 5.32 Å². The number of carbonyl (C=O) groups is 2. The molecule has 8 heteroatoms. The van der Waals surface area contributed by atoms with Crippen LogP contribution in [0.25, 0.3) is 0 Å². The quantitative estimate of drug-likeness (QED) is 0.477. The lowest BCUT2D eigenvalue weighted by Crippen LogP contribution is -2.58. The Labute approximate surface area is 205 Å². The molecule has 0 aliphatic heterocycles. The smallest absolute Gasteiger partial charge is 0.319 e. The van der Waals surface area contributed by atoms with Crippen LogP contribution in [0.2, 0.25) is 0 Å². The third kappa shape index (κ3) is 5.53. The van der Waals surface area contributed by atoms with Gasteiger partial charge in [-0.05, 0) is 79.2 Å². The number of fused-ring (bicyclic) bond motifs is 1. The lowest BCUT2D eigenvalue weighted by molar-refractivity contribution is -0.142. The van der Waals surface area contributed by atoms with Gasteiger partial charge in [-0.25, -0.2) is 9.18 Å². The maximum Gasteiger partial charge on any atom is 0.319 e. The molecule has 4 rings (SSSR count). The molecule has 1 aromatic carbocycles. The zero-order valence-electron chi connectivity index (χ0n) is 20.6. The first-order valence-corrected chi connectivity index (χ1v) is 12.5. The maximum absolute atomic E-state index is 13.5. The molecule has 1 heterocycles. The number of aliphatic hydroxyl groups excluding tert-OH is 1. The average molecular weight is 486 g/mol. The summed E-state index contributed by atoms with van der Waals surface area (Å²) in [5.74, 6) is -0.357. The van der Waals surface area contributed by atoms with Gasteiger partial charge in [0.25, 0.3) is 0 Å². The summed E-state index contributed by atoms with van der Waals surface area (Å²) in [6.07, 6.45) is 4.33. The predicted octanol–water partition coefficient (Wildman–Crippen LogP) is 4.68. The zero-order chi connectivity index (χ0) is 25.2. The van der Waals surface area contributed by atoms with Crippen LogP contribution >= 0.6 is 0 Å². The number of hydrogen-bond acceptors (Lipinski definition) is 4. The van der Waals surface area contributed by atoms with Gasteiger partial charge in [-0.15, -0.1) is 0 Å². The van der Waals surface area contributed by atoms with Gasteiger partial charge in [0, 0.05) is 17.6 Å². The fourth-order valence-electron chi connectivity index (χ4n) is 6.34. The molecule has 1 aromatic heterocycles. The number of nitrogens with one attached hydrogen (secondary N) is 3. The summed E-state index contributed by atoms with van der Waals surface area (Å²) < 4.78 is 18.7. The molecule has 4 N–H and O–H groups in total. The molecule has 7 atom stereocenters. The second kappa shape index (κ2) is 10.4. The van der Waals surface area contributed by atoms with Crippen LogP contribution in [0, 0.1) is 34.9 Å². The number of urea groups is 1. The predicted molar refractivity (Wildman–Crippen MR) is 131 cm³/mol. The number of benzene rings is 1. The highest BCUT2D eigenvalue weighted by Gasteiger charge is 2.53. The van der Waals surface area contributed by atoms with Crippen LogP contribution in [0.15, 0.2) is 47.1 Å². The van der Waals surface area contributed by atoms with Crippen LogP contribution in [0.5, 0.6) is 0 Å². The minimum absolute atomic E-state index is 0.0168. The first kappa shape index (κ1) is 25.2. The number of anilines is 1. The lowest BCUT2D eigenvalue weighted by Gasteiger charge is -2.56. The molecule has 2 saturated carbocycles. The Morgan fingerprint density at radius 2 is 2.00 bits per heavy atom. The molecule has 190 valence electrons. The van der Waals surface area contributed by atoms with Crippen molar-refractivity contribution in [2.45, 2.75) is 65.1 Å². The van der Waals surface area contributed by atoms with Crippen LogP contribution < -0.4 is 16.0 Å². The normalized spacial score (nSPS) is 31.2. The fourth-order valence-corrected chi connectivity index (χ4v) is 6.34. The van der Waals surface area contributed by atoms with Gasteiger partial charge in [0.1, 0.15) is 11.6 Å². The van der Waals surface area contributed by atoms with Crippen molar-refractivity contribution in [2.24, 2.45) is 29.1 Å². The summed E-state index contributed by atoms with van der Waals surface area (Å²) in [4.78, 5) is 25.5. The fraction of sp³-hybridized carbons (Fsp3) is 0.556. The molecule has 2 aliphatic carbocycles. The molecule has 7 nitrogen and oxygen atoms in total. The van der Waals surface area contributed by atoms with Crippen molar-refractivity contribution in [3.05, 3.63) is 54.2 Å². The van der Waals surface area contributed by atoms with Crippen molar-refractivity contribution in [1.29, 1.82) is 0 Å². The van der Waals surface area contributed by atoms with Gasteiger partial charge >= 0.3 is 6.03 Å². The van der Waals surface area contributed by atoms with Crippen LogP contribution in [-0.2, 0) is 11.3 Å². The second-order valence-electron chi connectivity index (χ2n) is 10.6. The minimum Gasteiger partial charge on any atom is -0.467 e. The number of hydrogen-bond donors (Lipinski definition) is 4. The van der Waals surface area contributed by atoms with Gasteiger partial charge in [-0.2, -0.15) is 0 Å². The average Bonchev–Trinajstić information content (AvgIpc) is 3.33. The summed E-state index contributed by atoms with van der Waals surface area (Å²) in [5.41, 5.74) is 0.347. The first-order chi connectivity index (χ1) is 16.7. The molecule has 2 aromatic rings. The van der Waals surface area contributed by atoms with E-state index in [9.17, 15) is 19.1 Å². The van der Waals surface area contributed by atoms with Crippen molar-refractivity contribution < 1.29 is 23.5 Å². The molecule has 35 heavy (non-hydrogen) atoms. The second-order valence-corrected chi connectivity index (χ2v) is 10.6. The molecule has 0 spiro atoms. The molecule has 2 aliphatic rings. The zero-order valence-corrected chi connectivity index (χ0v) is 20.6. The van der Waals surface area contributed by atoms with Gasteiger partial charge in [0.2, 0.25) is 5.91 Å². The van der Waals surface area contributed by atoms with Crippen LogP contribution in [-0.4, -0.2) is 29.2 Å². The summed E-state index contributed by atoms with van der Waals surface area (Å²) in [6.45, 7) is 6.49. The highest BCUT2D eigenvalue weighted by Crippen LogP contribution is 2.55. The van der Waals surface area contributed by atoms with Crippen LogP contribution in [0.1, 0.15) is 52.2 Å². The molecule has 2 fully saturated rings. The number of carbonyl (C=O) groups excluding carboxylic acids is 2. The Hall–Kier alpha value is -2.87. The topological polar surface area (TPSA) is 104 Å². The number of rotatable bonds is 6. The minimum atomic E-state index is -0.649. The van der Waals surface area contributed by atoms with E-state index in [1.54, 1.807) is 24.5 Å². The third-order valence-corrected chi connectivity index (χ3v) is 8.36. The molecule has 3 amide bonds. The van der Waals surface area contributed by atoms with Gasteiger partial charge in [0.05, 0.1) is 18.9 Å². The molecule has 1 unspecified atom stereocenters. The van der Waals surface area contributed by atoms with E-state index < -0.39 is 11.9 Å². The summed E-state index contributed by atoms with van der Waals surface area (Å²) in [7, 11) is 0. The van der Waals surface area contributed by atoms with E-state index in [-0.39, 0.29) is 47.1 Å². The molecular formula is C27H36FN3O4. The summed E-state index contributed by atoms with van der Waals surface area (Å²) in [6, 6.07) is 8.86. The summed E-state index contributed by atoms with van der Waals surface area (Å²) in [5, 5.41) is 20.2. The summed E-state index contributed by atoms with van der Waals surface area (Å²) >= 11 is 0. The van der Waals surface area contributed by atoms with Gasteiger partial charge in [0.15, 0.2) is 0 Å². The Morgan fingerprint density at radius 1 is 1.23 bits per heavy atom. The van der Waals surface area contributed by atoms with E-state index >= 15 is 0 Å². The van der Waals surface area contributed by atoms with E-state index in [4.69, 9.17) is 4.42 Å². The van der Waals surface area contributed by atoms with Crippen LogP contribution in [0.3, 0.4) is 0 Å². The van der Waals surface area contributed by atoms with Gasteiger partial charge < -0.3 is 25.5 Å². The van der Waals surface area contributed by atoms with Crippen molar-refractivity contribution in [3.8, 4) is 0 Å². The maximum atomic E-state index is 13.5. The number of furan rings is 1. The largest absolute Gasteiger partial charge is 0.467 e. The van der Waals surface area contributed by atoms with Crippen molar-refractivity contribution in [3.63, 3.8) is 0 Å². The SMILES string of the molecule is C[C@H]1[C@@H]2[C@@H](O)C([C@H](C)C(=O)NCc3ccco3)CC[C@@]2(C)CC[C@@H]1NC(=O)Nc1cccc(F)c1. The van der Waals surface area contributed by atoms with Crippen LogP contribution in [0.4, 0.5) is 14.9 Å². The molecule has 0 saturated heterocycles. The van der Waals surface area contributed by atoms with Crippen molar-refractivity contribution in [1.82, 2.24) is 10.6 Å². The van der Waals surface area contributed by atoms with Gasteiger partial charge in [-0.1, -0.05) is 26.8 Å². The molecule has 0 radical (unpaired) electrons.